The van der Waals surface area contributed by atoms with Crippen LogP contribution < -0.4 is 14.4 Å². The van der Waals surface area contributed by atoms with Crippen LogP contribution in [-0.4, -0.2) is 44.4 Å². The molecule has 0 aliphatic rings. The molecular weight excluding hydrogens is 412 g/mol. The monoisotopic (exact) mass is 432 g/mol. The van der Waals surface area contributed by atoms with Gasteiger partial charge in [-0.1, -0.05) is 11.3 Å². The maximum absolute atomic E-state index is 12.5. The molecule has 29 heavy (non-hydrogen) atoms. The number of carbonyl (C=O) groups excluding carboxylic acids is 1. The number of hydrogen-bond acceptors (Lipinski definition) is 7. The first-order valence-corrected chi connectivity index (χ1v) is 11.4. The molecule has 3 aromatic rings. The summed E-state index contributed by atoms with van der Waals surface area (Å²) in [5, 5.41) is 11.9. The van der Waals surface area contributed by atoms with Crippen LogP contribution in [0.3, 0.4) is 0 Å². The Morgan fingerprint density at radius 3 is 2.31 bits per heavy atom. The second kappa shape index (κ2) is 8.58. The molecule has 2 aromatic carbocycles. The van der Waals surface area contributed by atoms with Gasteiger partial charge in [0.05, 0.1) is 19.1 Å². The Morgan fingerprint density at radius 2 is 1.76 bits per heavy atom. The zero-order valence-corrected chi connectivity index (χ0v) is 17.8. The zero-order valence-electron chi connectivity index (χ0n) is 16.1. The largest absolute Gasteiger partial charge is 0.497 e. The van der Waals surface area contributed by atoms with Crippen molar-refractivity contribution in [3.8, 4) is 16.3 Å². The van der Waals surface area contributed by atoms with E-state index in [1.807, 2.05) is 24.3 Å². The topological polar surface area (TPSA) is 101 Å². The molecule has 0 bridgehead atoms. The molecule has 0 saturated carbocycles. The number of carbonyl (C=O) groups is 1. The van der Waals surface area contributed by atoms with Crippen LogP contribution in [0.25, 0.3) is 10.6 Å². The predicted octanol–water partition coefficient (Wildman–Crippen LogP) is 3.25. The van der Waals surface area contributed by atoms with Gasteiger partial charge in [-0.25, -0.2) is 8.42 Å². The lowest BCUT2D eigenvalue weighted by Crippen LogP contribution is -2.29. The average molecular weight is 433 g/mol. The fourth-order valence-corrected chi connectivity index (χ4v) is 4.40. The fraction of sp³-hybridized carbons (Fsp3) is 0.211. The Labute approximate surface area is 173 Å². The van der Waals surface area contributed by atoms with Crippen molar-refractivity contribution in [1.82, 2.24) is 10.2 Å². The number of ether oxygens (including phenoxy) is 1. The average Bonchev–Trinajstić information content (AvgIpc) is 3.16. The number of aromatic nitrogens is 2. The molecule has 1 N–H and O–H groups in total. The molecule has 0 unspecified atom stereocenters. The molecule has 3 rings (SSSR count). The number of anilines is 2. The van der Waals surface area contributed by atoms with Gasteiger partial charge in [0, 0.05) is 17.7 Å². The van der Waals surface area contributed by atoms with Gasteiger partial charge in [-0.05, 0) is 55.5 Å². The smallest absolute Gasteiger partial charge is 0.257 e. The fourth-order valence-electron chi connectivity index (χ4n) is 2.68. The van der Waals surface area contributed by atoms with Crippen LogP contribution in [0, 0.1) is 0 Å². The Balaban J connectivity index is 1.71. The maximum Gasteiger partial charge on any atom is 0.257 e. The molecule has 1 amide bonds. The summed E-state index contributed by atoms with van der Waals surface area (Å²) in [5.74, 6) is 0.393. The highest BCUT2D eigenvalue weighted by atomic mass is 32.2. The van der Waals surface area contributed by atoms with Crippen molar-refractivity contribution in [3.05, 3.63) is 54.1 Å². The number of amides is 1. The van der Waals surface area contributed by atoms with E-state index in [4.69, 9.17) is 4.74 Å². The van der Waals surface area contributed by atoms with Crippen LogP contribution in [-0.2, 0) is 10.0 Å². The number of rotatable bonds is 7. The molecule has 0 fully saturated rings. The SMILES string of the molecule is CCN(c1ccc(C(=O)Nc2nnc(-c3ccc(OC)cc3)s2)cc1)S(C)(=O)=O. The Morgan fingerprint density at radius 1 is 1.10 bits per heavy atom. The molecule has 0 atom stereocenters. The van der Waals surface area contributed by atoms with Gasteiger partial charge >= 0.3 is 0 Å². The molecule has 1 aromatic heterocycles. The van der Waals surface area contributed by atoms with Gasteiger partial charge < -0.3 is 4.74 Å². The summed E-state index contributed by atoms with van der Waals surface area (Å²) in [6.45, 7) is 2.06. The van der Waals surface area contributed by atoms with Crippen molar-refractivity contribution < 1.29 is 17.9 Å². The normalized spacial score (nSPS) is 11.1. The summed E-state index contributed by atoms with van der Waals surface area (Å²) in [4.78, 5) is 12.5. The third-order valence-electron chi connectivity index (χ3n) is 4.09. The highest BCUT2D eigenvalue weighted by Gasteiger charge is 2.16. The first-order valence-electron chi connectivity index (χ1n) is 8.69. The first kappa shape index (κ1) is 20.7. The van der Waals surface area contributed by atoms with E-state index in [1.54, 1.807) is 38.3 Å². The minimum Gasteiger partial charge on any atom is -0.497 e. The Kier molecular flexibility index (Phi) is 6.14. The van der Waals surface area contributed by atoms with Crippen molar-refractivity contribution in [2.24, 2.45) is 0 Å². The van der Waals surface area contributed by atoms with Crippen LogP contribution in [0.1, 0.15) is 17.3 Å². The predicted molar refractivity (Wildman–Crippen MR) is 114 cm³/mol. The van der Waals surface area contributed by atoms with E-state index in [2.05, 4.69) is 15.5 Å². The van der Waals surface area contributed by atoms with Crippen LogP contribution in [0.5, 0.6) is 5.75 Å². The lowest BCUT2D eigenvalue weighted by molar-refractivity contribution is 0.102. The van der Waals surface area contributed by atoms with Crippen molar-refractivity contribution in [2.45, 2.75) is 6.92 Å². The summed E-state index contributed by atoms with van der Waals surface area (Å²) in [6.07, 6.45) is 1.15. The summed E-state index contributed by atoms with van der Waals surface area (Å²) in [7, 11) is -1.77. The van der Waals surface area contributed by atoms with Crippen molar-refractivity contribution >= 4 is 38.1 Å². The van der Waals surface area contributed by atoms with Crippen LogP contribution in [0.15, 0.2) is 48.5 Å². The number of benzene rings is 2. The van der Waals surface area contributed by atoms with E-state index in [0.29, 0.717) is 27.9 Å². The van der Waals surface area contributed by atoms with Gasteiger partial charge in [0.1, 0.15) is 10.8 Å². The zero-order chi connectivity index (χ0) is 21.0. The Bertz CT molecular complexity index is 1090. The van der Waals surface area contributed by atoms with Gasteiger partial charge in [-0.3, -0.25) is 14.4 Å². The summed E-state index contributed by atoms with van der Waals surface area (Å²) in [6, 6.07) is 13.7. The van der Waals surface area contributed by atoms with Gasteiger partial charge in [0.25, 0.3) is 5.91 Å². The van der Waals surface area contributed by atoms with E-state index in [0.717, 1.165) is 17.6 Å². The molecule has 152 valence electrons. The molecule has 0 radical (unpaired) electrons. The lowest BCUT2D eigenvalue weighted by atomic mass is 10.2. The van der Waals surface area contributed by atoms with E-state index >= 15 is 0 Å². The number of sulfonamides is 1. The molecule has 10 heteroatoms. The molecule has 0 saturated heterocycles. The van der Waals surface area contributed by atoms with Crippen molar-refractivity contribution in [2.75, 3.05) is 29.5 Å². The quantitative estimate of drug-likeness (QED) is 0.615. The molecule has 0 aliphatic heterocycles. The third kappa shape index (κ3) is 4.90. The minimum absolute atomic E-state index is 0.309. The maximum atomic E-state index is 12.5. The van der Waals surface area contributed by atoms with E-state index in [-0.39, 0.29) is 5.91 Å². The second-order valence-corrected chi connectivity index (χ2v) is 8.95. The van der Waals surface area contributed by atoms with Gasteiger partial charge in [0.2, 0.25) is 15.2 Å². The van der Waals surface area contributed by atoms with Crippen LogP contribution >= 0.6 is 11.3 Å². The van der Waals surface area contributed by atoms with Crippen molar-refractivity contribution in [1.29, 1.82) is 0 Å². The molecule has 8 nitrogen and oxygen atoms in total. The van der Waals surface area contributed by atoms with E-state index < -0.39 is 10.0 Å². The molecule has 0 spiro atoms. The molecule has 0 aliphatic carbocycles. The summed E-state index contributed by atoms with van der Waals surface area (Å²) in [5.41, 5.74) is 1.76. The minimum atomic E-state index is -3.37. The standard InChI is InChI=1S/C19H20N4O4S2/c1-4-23(29(3,25)26)15-9-5-13(6-10-15)17(24)20-19-22-21-18(28-19)14-7-11-16(27-2)12-8-14/h5-12H,4H2,1-3H3,(H,20,22,24). The van der Waals surface area contributed by atoms with Gasteiger partial charge in [0.15, 0.2) is 0 Å². The second-order valence-electron chi connectivity index (χ2n) is 6.07. The lowest BCUT2D eigenvalue weighted by Gasteiger charge is -2.20. The third-order valence-corrected chi connectivity index (χ3v) is 6.24. The Hall–Kier alpha value is -2.98. The summed E-state index contributed by atoms with van der Waals surface area (Å²) >= 11 is 1.25. The van der Waals surface area contributed by atoms with Gasteiger partial charge in [-0.15, -0.1) is 10.2 Å². The molecular formula is C19H20N4O4S2. The van der Waals surface area contributed by atoms with Gasteiger partial charge in [-0.2, -0.15) is 0 Å². The summed E-state index contributed by atoms with van der Waals surface area (Å²) < 4.78 is 30.0. The number of nitrogens with zero attached hydrogens (tertiary/aromatic N) is 3. The first-order chi connectivity index (χ1) is 13.8. The highest BCUT2D eigenvalue weighted by Crippen LogP contribution is 2.28. The molecule has 1 heterocycles. The van der Waals surface area contributed by atoms with Crippen LogP contribution in [0.2, 0.25) is 0 Å². The number of hydrogen-bond donors (Lipinski definition) is 1. The van der Waals surface area contributed by atoms with E-state index in [1.165, 1.54) is 15.6 Å². The number of methoxy groups -OCH3 is 1. The number of nitrogens with one attached hydrogen (secondary N) is 1. The highest BCUT2D eigenvalue weighted by molar-refractivity contribution is 7.92. The van der Waals surface area contributed by atoms with Crippen molar-refractivity contribution in [3.63, 3.8) is 0 Å². The van der Waals surface area contributed by atoms with Crippen LogP contribution in [0.4, 0.5) is 10.8 Å². The van der Waals surface area contributed by atoms with E-state index in [9.17, 15) is 13.2 Å².